The fourth-order valence-electron chi connectivity index (χ4n) is 1.24. The molecule has 0 bridgehead atoms. The van der Waals surface area contributed by atoms with Gasteiger partial charge in [0.2, 0.25) is 0 Å². The molecule has 0 aromatic carbocycles. The summed E-state index contributed by atoms with van der Waals surface area (Å²) < 4.78 is 5.23. The Balaban J connectivity index is 2.30. The van der Waals surface area contributed by atoms with Crippen LogP contribution in [0.1, 0.15) is 17.6 Å². The van der Waals surface area contributed by atoms with Crippen molar-refractivity contribution in [2.75, 3.05) is 13.2 Å². The third-order valence-corrected chi connectivity index (χ3v) is 1.97. The Morgan fingerprint density at radius 2 is 2.54 bits per heavy atom. The average Bonchev–Trinajstić information content (AvgIpc) is 2.63. The van der Waals surface area contributed by atoms with E-state index in [1.165, 1.54) is 0 Å². The Morgan fingerprint density at radius 3 is 3.31 bits per heavy atom. The molecule has 1 aromatic rings. The number of hydrogen-bond donors (Lipinski definition) is 2. The van der Waals surface area contributed by atoms with Crippen molar-refractivity contribution >= 4 is 0 Å². The fourth-order valence-corrected chi connectivity index (χ4v) is 1.24. The first-order chi connectivity index (χ1) is 6.31. The lowest BCUT2D eigenvalue weighted by atomic mass is 10.3. The van der Waals surface area contributed by atoms with E-state index in [0.717, 1.165) is 12.1 Å². The van der Waals surface area contributed by atoms with Crippen molar-refractivity contribution in [1.82, 2.24) is 9.97 Å². The van der Waals surface area contributed by atoms with Crippen LogP contribution in [0.15, 0.2) is 6.20 Å². The van der Waals surface area contributed by atoms with Crippen LogP contribution in [0.25, 0.3) is 0 Å². The Labute approximate surface area is 75.6 Å². The first kappa shape index (κ1) is 8.40. The van der Waals surface area contributed by atoms with Crippen molar-refractivity contribution < 1.29 is 9.84 Å². The number of nitrogens with zero attached hydrogens (tertiary/aromatic N) is 2. The van der Waals surface area contributed by atoms with Gasteiger partial charge >= 0.3 is 0 Å². The molecule has 5 heteroatoms. The second-order valence-corrected chi connectivity index (χ2v) is 2.89. The fraction of sp³-hybridized carbons (Fsp3) is 0.500. The van der Waals surface area contributed by atoms with E-state index < -0.39 is 6.10 Å². The molecule has 1 aliphatic rings. The van der Waals surface area contributed by atoms with Gasteiger partial charge in [0.05, 0.1) is 18.5 Å². The van der Waals surface area contributed by atoms with Crippen molar-refractivity contribution in [2.24, 2.45) is 5.73 Å². The lowest BCUT2D eigenvalue weighted by molar-refractivity contribution is 0.176. The van der Waals surface area contributed by atoms with Crippen LogP contribution in [-0.4, -0.2) is 28.2 Å². The SMILES string of the molecule is NCC(O)c1ncc2c(n1)CCO2. The molecule has 3 N–H and O–H groups in total. The molecule has 70 valence electrons. The maximum atomic E-state index is 9.37. The van der Waals surface area contributed by atoms with E-state index >= 15 is 0 Å². The maximum absolute atomic E-state index is 9.37. The van der Waals surface area contributed by atoms with E-state index in [9.17, 15) is 5.11 Å². The van der Waals surface area contributed by atoms with Crippen LogP contribution in [0.5, 0.6) is 5.75 Å². The van der Waals surface area contributed by atoms with E-state index in [2.05, 4.69) is 9.97 Å². The molecule has 0 amide bonds. The minimum atomic E-state index is -0.772. The van der Waals surface area contributed by atoms with E-state index in [-0.39, 0.29) is 6.54 Å². The van der Waals surface area contributed by atoms with E-state index in [4.69, 9.17) is 10.5 Å². The lowest BCUT2D eigenvalue weighted by Crippen LogP contribution is -2.14. The van der Waals surface area contributed by atoms with Gasteiger partial charge in [0.25, 0.3) is 0 Å². The summed E-state index contributed by atoms with van der Waals surface area (Å²) in [6, 6.07) is 0. The summed E-state index contributed by atoms with van der Waals surface area (Å²) in [5.41, 5.74) is 6.15. The zero-order chi connectivity index (χ0) is 9.26. The van der Waals surface area contributed by atoms with Gasteiger partial charge in [-0.15, -0.1) is 0 Å². The van der Waals surface area contributed by atoms with Crippen molar-refractivity contribution in [3.63, 3.8) is 0 Å². The zero-order valence-corrected chi connectivity index (χ0v) is 7.10. The predicted octanol–water partition coefficient (Wildman–Crippen LogP) is -0.596. The third kappa shape index (κ3) is 1.48. The number of aliphatic hydroxyl groups is 1. The highest BCUT2D eigenvalue weighted by molar-refractivity contribution is 5.28. The molecule has 1 aliphatic heterocycles. The Kier molecular flexibility index (Phi) is 2.12. The highest BCUT2D eigenvalue weighted by atomic mass is 16.5. The molecule has 2 rings (SSSR count). The van der Waals surface area contributed by atoms with Gasteiger partial charge in [0.1, 0.15) is 6.10 Å². The summed E-state index contributed by atoms with van der Waals surface area (Å²) in [4.78, 5) is 8.11. The minimum absolute atomic E-state index is 0.139. The van der Waals surface area contributed by atoms with Crippen LogP contribution >= 0.6 is 0 Å². The standard InChI is InChI=1S/C8H11N3O2/c9-3-6(12)8-10-4-7-5(11-8)1-2-13-7/h4,6,12H,1-3,9H2. The average molecular weight is 181 g/mol. The Bertz CT molecular complexity index is 316. The molecule has 0 fully saturated rings. The Morgan fingerprint density at radius 1 is 1.69 bits per heavy atom. The Hall–Kier alpha value is -1.20. The number of aromatic nitrogens is 2. The summed E-state index contributed by atoms with van der Waals surface area (Å²) in [6.07, 6.45) is 1.59. The van der Waals surface area contributed by atoms with Crippen LogP contribution in [-0.2, 0) is 6.42 Å². The normalized spacial score (nSPS) is 16.5. The largest absolute Gasteiger partial charge is 0.490 e. The monoisotopic (exact) mass is 181 g/mol. The quantitative estimate of drug-likeness (QED) is 0.637. The summed E-state index contributed by atoms with van der Waals surface area (Å²) in [7, 11) is 0. The smallest absolute Gasteiger partial charge is 0.159 e. The number of nitrogens with two attached hydrogens (primary N) is 1. The number of ether oxygens (including phenoxy) is 1. The molecule has 1 atom stereocenters. The summed E-state index contributed by atoms with van der Waals surface area (Å²) >= 11 is 0. The molecule has 0 saturated carbocycles. The van der Waals surface area contributed by atoms with Gasteiger partial charge in [-0.2, -0.15) is 0 Å². The van der Waals surface area contributed by atoms with Crippen molar-refractivity contribution in [2.45, 2.75) is 12.5 Å². The van der Waals surface area contributed by atoms with Gasteiger partial charge in [-0.25, -0.2) is 9.97 Å². The first-order valence-corrected chi connectivity index (χ1v) is 4.18. The van der Waals surface area contributed by atoms with Crippen LogP contribution in [0.4, 0.5) is 0 Å². The number of fused-ring (bicyclic) bond motifs is 1. The number of hydrogen-bond acceptors (Lipinski definition) is 5. The van der Waals surface area contributed by atoms with Gasteiger partial charge in [-0.3, -0.25) is 0 Å². The molecule has 2 heterocycles. The molecule has 0 aliphatic carbocycles. The highest BCUT2D eigenvalue weighted by Crippen LogP contribution is 2.22. The second kappa shape index (κ2) is 3.27. The topological polar surface area (TPSA) is 81.3 Å². The van der Waals surface area contributed by atoms with Crippen molar-refractivity contribution in [3.05, 3.63) is 17.7 Å². The van der Waals surface area contributed by atoms with E-state index in [1.54, 1.807) is 6.20 Å². The number of rotatable bonds is 2. The number of aliphatic hydroxyl groups excluding tert-OH is 1. The van der Waals surface area contributed by atoms with Crippen molar-refractivity contribution in [3.8, 4) is 5.75 Å². The summed E-state index contributed by atoms with van der Waals surface area (Å²) in [5.74, 6) is 1.10. The van der Waals surface area contributed by atoms with Gasteiger partial charge in [-0.1, -0.05) is 0 Å². The molecule has 0 radical (unpaired) electrons. The van der Waals surface area contributed by atoms with Gasteiger partial charge in [0.15, 0.2) is 11.6 Å². The van der Waals surface area contributed by atoms with Crippen LogP contribution in [0.3, 0.4) is 0 Å². The maximum Gasteiger partial charge on any atom is 0.159 e. The molecule has 1 aromatic heterocycles. The van der Waals surface area contributed by atoms with Crippen molar-refractivity contribution in [1.29, 1.82) is 0 Å². The van der Waals surface area contributed by atoms with Crippen LogP contribution in [0.2, 0.25) is 0 Å². The highest BCUT2D eigenvalue weighted by Gasteiger charge is 2.17. The summed E-state index contributed by atoms with van der Waals surface area (Å²) in [6.45, 7) is 0.784. The zero-order valence-electron chi connectivity index (χ0n) is 7.10. The lowest BCUT2D eigenvalue weighted by Gasteiger charge is -2.06. The van der Waals surface area contributed by atoms with Gasteiger partial charge in [0, 0.05) is 13.0 Å². The minimum Gasteiger partial charge on any atom is -0.490 e. The molecule has 0 saturated heterocycles. The third-order valence-electron chi connectivity index (χ3n) is 1.97. The summed E-state index contributed by atoms with van der Waals surface area (Å²) in [5, 5.41) is 9.37. The van der Waals surface area contributed by atoms with Gasteiger partial charge in [-0.05, 0) is 0 Å². The second-order valence-electron chi connectivity index (χ2n) is 2.89. The molecule has 0 spiro atoms. The molecular formula is C8H11N3O2. The molecule has 13 heavy (non-hydrogen) atoms. The van der Waals surface area contributed by atoms with E-state index in [0.29, 0.717) is 18.2 Å². The van der Waals surface area contributed by atoms with Crippen LogP contribution in [0, 0.1) is 0 Å². The predicted molar refractivity (Wildman–Crippen MR) is 45.2 cm³/mol. The molecule has 1 unspecified atom stereocenters. The van der Waals surface area contributed by atoms with Crippen LogP contribution < -0.4 is 10.5 Å². The first-order valence-electron chi connectivity index (χ1n) is 4.18. The molecule has 5 nitrogen and oxygen atoms in total. The molecular weight excluding hydrogens is 170 g/mol. The van der Waals surface area contributed by atoms with E-state index in [1.807, 2.05) is 0 Å². The van der Waals surface area contributed by atoms with Gasteiger partial charge < -0.3 is 15.6 Å².